The van der Waals surface area contributed by atoms with Crippen LogP contribution in [0.2, 0.25) is 0 Å². The Morgan fingerprint density at radius 3 is 2.76 bits per heavy atom. The zero-order valence-corrected chi connectivity index (χ0v) is 13.9. The van der Waals surface area contributed by atoms with Crippen LogP contribution >= 0.6 is 22.6 Å². The molecule has 2 aromatic rings. The molecule has 3 rings (SSSR count). The highest BCUT2D eigenvalue weighted by molar-refractivity contribution is 14.1. The van der Waals surface area contributed by atoms with Crippen LogP contribution in [0.4, 0.5) is 0 Å². The van der Waals surface area contributed by atoms with Crippen LogP contribution in [0.1, 0.15) is 35.3 Å². The monoisotopic (exact) mass is 394 g/mol. The third kappa shape index (κ3) is 3.29. The molecule has 4 heteroatoms. The Morgan fingerprint density at radius 1 is 1.19 bits per heavy atom. The second kappa shape index (κ2) is 6.87. The topological polar surface area (TPSA) is 47.3 Å². The first-order valence-corrected chi connectivity index (χ1v) is 8.27. The number of hydrogen-bond donors (Lipinski definition) is 2. The second-order valence-electron chi connectivity index (χ2n) is 5.28. The van der Waals surface area contributed by atoms with Gasteiger partial charge in [-0.3, -0.25) is 11.3 Å². The molecular formula is C17H19IN2O. The van der Waals surface area contributed by atoms with Crippen LogP contribution in [-0.2, 0) is 11.2 Å². The largest absolute Gasteiger partial charge is 0.373 e. The molecule has 21 heavy (non-hydrogen) atoms. The molecule has 0 radical (unpaired) electrons. The maximum absolute atomic E-state index is 6.00. The zero-order chi connectivity index (χ0) is 14.7. The van der Waals surface area contributed by atoms with E-state index in [-0.39, 0.29) is 12.1 Å². The molecule has 0 fully saturated rings. The van der Waals surface area contributed by atoms with Crippen molar-refractivity contribution in [3.05, 3.63) is 68.8 Å². The van der Waals surface area contributed by atoms with Crippen molar-refractivity contribution < 1.29 is 4.74 Å². The second-order valence-corrected chi connectivity index (χ2v) is 6.45. The first-order valence-electron chi connectivity index (χ1n) is 7.19. The van der Waals surface area contributed by atoms with Crippen molar-refractivity contribution in [2.75, 3.05) is 6.61 Å². The van der Waals surface area contributed by atoms with Gasteiger partial charge in [0.15, 0.2) is 0 Å². The van der Waals surface area contributed by atoms with E-state index in [2.05, 4.69) is 70.5 Å². The molecule has 0 aliphatic carbocycles. The summed E-state index contributed by atoms with van der Waals surface area (Å²) in [6, 6.07) is 17.0. The Morgan fingerprint density at radius 2 is 1.95 bits per heavy atom. The van der Waals surface area contributed by atoms with Gasteiger partial charge in [-0.15, -0.1) is 0 Å². The lowest BCUT2D eigenvalue weighted by atomic mass is 9.91. The number of fused-ring (bicyclic) bond motifs is 1. The van der Waals surface area contributed by atoms with Crippen LogP contribution in [0.3, 0.4) is 0 Å². The minimum Gasteiger partial charge on any atom is -0.373 e. The minimum absolute atomic E-state index is 0.0919. The molecule has 1 aliphatic heterocycles. The van der Waals surface area contributed by atoms with Crippen molar-refractivity contribution in [2.24, 2.45) is 5.84 Å². The molecule has 2 aromatic carbocycles. The summed E-state index contributed by atoms with van der Waals surface area (Å²) in [7, 11) is 0. The molecule has 0 amide bonds. The molecule has 0 saturated carbocycles. The zero-order valence-electron chi connectivity index (χ0n) is 11.8. The maximum Gasteiger partial charge on any atom is 0.0846 e. The van der Waals surface area contributed by atoms with Gasteiger partial charge in [0, 0.05) is 9.61 Å². The molecule has 3 nitrogen and oxygen atoms in total. The first-order chi connectivity index (χ1) is 10.3. The van der Waals surface area contributed by atoms with E-state index in [1.54, 1.807) is 0 Å². The predicted octanol–water partition coefficient (Wildman–Crippen LogP) is 3.50. The van der Waals surface area contributed by atoms with Crippen LogP contribution < -0.4 is 11.3 Å². The van der Waals surface area contributed by atoms with Crippen molar-refractivity contribution in [3.63, 3.8) is 0 Å². The minimum atomic E-state index is 0.0919. The number of rotatable bonds is 4. The number of nitrogens with two attached hydrogens (primary N) is 1. The van der Waals surface area contributed by atoms with Crippen LogP contribution in [0, 0.1) is 3.57 Å². The number of benzene rings is 2. The summed E-state index contributed by atoms with van der Waals surface area (Å²) < 4.78 is 7.22. The quantitative estimate of drug-likeness (QED) is 0.474. The molecule has 0 aromatic heterocycles. The SMILES string of the molecule is NNC(CC1OCCc2ccccc21)c1ccccc1I. The third-order valence-corrected chi connectivity index (χ3v) is 5.01. The molecular weight excluding hydrogens is 375 g/mol. The molecule has 2 unspecified atom stereocenters. The van der Waals surface area contributed by atoms with Crippen LogP contribution in [-0.4, -0.2) is 6.61 Å². The Bertz CT molecular complexity index is 617. The molecule has 0 bridgehead atoms. The summed E-state index contributed by atoms with van der Waals surface area (Å²) in [5.74, 6) is 5.80. The van der Waals surface area contributed by atoms with E-state index in [1.165, 1.54) is 20.3 Å². The molecule has 2 atom stereocenters. The first kappa shape index (κ1) is 15.0. The standard InChI is InChI=1S/C17H19IN2O/c18-15-8-4-3-7-14(15)16(20-19)11-17-13-6-2-1-5-12(13)9-10-21-17/h1-8,16-17,20H,9-11,19H2. The van der Waals surface area contributed by atoms with Gasteiger partial charge in [0.25, 0.3) is 0 Å². The van der Waals surface area contributed by atoms with Crippen LogP contribution in [0.15, 0.2) is 48.5 Å². The van der Waals surface area contributed by atoms with Crippen molar-refractivity contribution in [3.8, 4) is 0 Å². The van der Waals surface area contributed by atoms with Crippen molar-refractivity contribution in [1.82, 2.24) is 5.43 Å². The van der Waals surface area contributed by atoms with Gasteiger partial charge in [-0.1, -0.05) is 42.5 Å². The number of hydrazine groups is 1. The third-order valence-electron chi connectivity index (χ3n) is 4.02. The van der Waals surface area contributed by atoms with Gasteiger partial charge >= 0.3 is 0 Å². The smallest absolute Gasteiger partial charge is 0.0846 e. The lowest BCUT2D eigenvalue weighted by molar-refractivity contribution is 0.0292. The highest BCUT2D eigenvalue weighted by Gasteiger charge is 2.25. The summed E-state index contributed by atoms with van der Waals surface area (Å²) in [4.78, 5) is 0. The van der Waals surface area contributed by atoms with Gasteiger partial charge in [-0.25, -0.2) is 0 Å². The Kier molecular flexibility index (Phi) is 4.90. The Labute approximate surface area is 139 Å². The molecule has 0 saturated heterocycles. The van der Waals surface area contributed by atoms with Crippen LogP contribution in [0.5, 0.6) is 0 Å². The normalized spacial score (nSPS) is 19.0. The van der Waals surface area contributed by atoms with Crippen molar-refractivity contribution >= 4 is 22.6 Å². The summed E-state index contributed by atoms with van der Waals surface area (Å²) >= 11 is 2.36. The Balaban J connectivity index is 1.84. The van der Waals surface area contributed by atoms with Gasteiger partial charge in [0.2, 0.25) is 0 Å². The number of hydrogen-bond acceptors (Lipinski definition) is 3. The molecule has 0 spiro atoms. The summed E-state index contributed by atoms with van der Waals surface area (Å²) in [5, 5.41) is 0. The molecule has 1 heterocycles. The van der Waals surface area contributed by atoms with Gasteiger partial charge in [-0.05, 0) is 58.2 Å². The maximum atomic E-state index is 6.00. The average molecular weight is 394 g/mol. The molecule has 110 valence electrons. The highest BCUT2D eigenvalue weighted by Crippen LogP contribution is 2.35. The van der Waals surface area contributed by atoms with Gasteiger partial charge in [0.05, 0.1) is 12.7 Å². The lowest BCUT2D eigenvalue weighted by Gasteiger charge is -2.29. The summed E-state index contributed by atoms with van der Waals surface area (Å²) in [6.07, 6.45) is 1.94. The van der Waals surface area contributed by atoms with E-state index in [0.717, 1.165) is 19.4 Å². The molecule has 3 N–H and O–H groups in total. The van der Waals surface area contributed by atoms with Gasteiger partial charge in [-0.2, -0.15) is 0 Å². The lowest BCUT2D eigenvalue weighted by Crippen LogP contribution is -2.31. The van der Waals surface area contributed by atoms with Crippen molar-refractivity contribution in [1.29, 1.82) is 0 Å². The fraction of sp³-hybridized carbons (Fsp3) is 0.294. The highest BCUT2D eigenvalue weighted by atomic mass is 127. The number of nitrogens with one attached hydrogen (secondary N) is 1. The van der Waals surface area contributed by atoms with E-state index in [0.29, 0.717) is 0 Å². The average Bonchev–Trinajstić information content (AvgIpc) is 2.53. The van der Waals surface area contributed by atoms with E-state index in [4.69, 9.17) is 10.6 Å². The van der Waals surface area contributed by atoms with Gasteiger partial charge in [0.1, 0.15) is 0 Å². The fourth-order valence-corrected chi connectivity index (χ4v) is 3.69. The number of ether oxygens (including phenoxy) is 1. The van der Waals surface area contributed by atoms with E-state index < -0.39 is 0 Å². The van der Waals surface area contributed by atoms with Crippen LogP contribution in [0.25, 0.3) is 0 Å². The Hall–Kier alpha value is -0.950. The van der Waals surface area contributed by atoms with Gasteiger partial charge < -0.3 is 4.74 Å². The van der Waals surface area contributed by atoms with E-state index in [1.807, 2.05) is 6.07 Å². The van der Waals surface area contributed by atoms with E-state index >= 15 is 0 Å². The summed E-state index contributed by atoms with van der Waals surface area (Å²) in [5.41, 5.74) is 6.88. The van der Waals surface area contributed by atoms with E-state index in [9.17, 15) is 0 Å². The predicted molar refractivity (Wildman–Crippen MR) is 92.7 cm³/mol. The fourth-order valence-electron chi connectivity index (χ4n) is 2.93. The number of halogens is 1. The molecule has 1 aliphatic rings. The van der Waals surface area contributed by atoms with Crippen molar-refractivity contribution in [2.45, 2.75) is 25.0 Å². The summed E-state index contributed by atoms with van der Waals surface area (Å²) in [6.45, 7) is 0.783.